The first-order chi connectivity index (χ1) is 5.74. The summed E-state index contributed by atoms with van der Waals surface area (Å²) in [5.41, 5.74) is 5.29. The van der Waals surface area contributed by atoms with E-state index >= 15 is 0 Å². The molecule has 0 unspecified atom stereocenters. The van der Waals surface area contributed by atoms with Crippen LogP contribution in [0.2, 0.25) is 0 Å². The van der Waals surface area contributed by atoms with Crippen molar-refractivity contribution in [1.29, 1.82) is 0 Å². The van der Waals surface area contributed by atoms with Crippen LogP contribution in [0, 0.1) is 0 Å². The monoisotopic (exact) mass is 176 g/mol. The van der Waals surface area contributed by atoms with Crippen LogP contribution in [0.3, 0.4) is 0 Å². The van der Waals surface area contributed by atoms with Gasteiger partial charge in [0.15, 0.2) is 0 Å². The average molecular weight is 176 g/mol. The molecule has 0 aliphatic heterocycles. The number of hydrogen-bond acceptors (Lipinski definition) is 3. The highest BCUT2D eigenvalue weighted by molar-refractivity contribution is 4.82. The first-order valence-electron chi connectivity index (χ1n) is 3.59. The maximum absolute atomic E-state index is 11.8. The van der Waals surface area contributed by atoms with Crippen molar-refractivity contribution in [2.45, 2.75) is 25.9 Å². The largest absolute Gasteiger partial charge is 0.324 e. The van der Waals surface area contributed by atoms with E-state index in [0.29, 0.717) is 5.82 Å². The predicted molar refractivity (Wildman–Crippen MR) is 38.5 cm³/mol. The third kappa shape index (κ3) is 2.23. The summed E-state index contributed by atoms with van der Waals surface area (Å²) in [5.74, 6) is 0.538. The summed E-state index contributed by atoms with van der Waals surface area (Å²) in [5, 5.41) is 3.75. The third-order valence-corrected chi connectivity index (χ3v) is 1.44. The van der Waals surface area contributed by atoms with Crippen molar-refractivity contribution in [2.75, 3.05) is 0 Å². The minimum Gasteiger partial charge on any atom is -0.324 e. The molecule has 0 fully saturated rings. The molecule has 1 rings (SSSR count). The van der Waals surface area contributed by atoms with E-state index in [2.05, 4.69) is 10.1 Å². The molecule has 0 saturated carbocycles. The molecule has 2 N–H and O–H groups in total. The number of aryl methyl sites for hydroxylation is 1. The second kappa shape index (κ2) is 4.10. The van der Waals surface area contributed by atoms with Crippen molar-refractivity contribution in [3.63, 3.8) is 0 Å². The number of rotatable bonds is 4. The number of hydrogen-bond donors (Lipinski definition) is 1. The molecule has 0 aliphatic rings. The van der Waals surface area contributed by atoms with Crippen molar-refractivity contribution < 1.29 is 8.78 Å². The van der Waals surface area contributed by atoms with Gasteiger partial charge in [-0.05, 0) is 0 Å². The van der Waals surface area contributed by atoms with E-state index in [1.807, 2.05) is 0 Å². The van der Waals surface area contributed by atoms with E-state index < -0.39 is 6.43 Å². The number of nitrogens with zero attached hydrogens (tertiary/aromatic N) is 3. The average Bonchev–Trinajstić information content (AvgIpc) is 2.47. The van der Waals surface area contributed by atoms with Gasteiger partial charge in [-0.25, -0.2) is 18.4 Å². The fourth-order valence-corrected chi connectivity index (χ4v) is 0.853. The molecule has 12 heavy (non-hydrogen) atoms. The summed E-state index contributed by atoms with van der Waals surface area (Å²) in [6.45, 7) is 0.396. The SMILES string of the molecule is NCc1ncnn1CCC(F)F. The van der Waals surface area contributed by atoms with E-state index in [9.17, 15) is 8.78 Å². The summed E-state index contributed by atoms with van der Waals surface area (Å²) >= 11 is 0. The van der Waals surface area contributed by atoms with Gasteiger partial charge in [0, 0.05) is 13.0 Å². The molecule has 4 nitrogen and oxygen atoms in total. The second-order valence-corrected chi connectivity index (χ2v) is 2.28. The van der Waals surface area contributed by atoms with Crippen molar-refractivity contribution in [1.82, 2.24) is 14.8 Å². The van der Waals surface area contributed by atoms with Crippen LogP contribution in [-0.2, 0) is 13.1 Å². The molecule has 0 atom stereocenters. The van der Waals surface area contributed by atoms with E-state index in [1.54, 1.807) is 0 Å². The lowest BCUT2D eigenvalue weighted by Crippen LogP contribution is -2.11. The normalized spacial score (nSPS) is 11.0. The highest BCUT2D eigenvalue weighted by Crippen LogP contribution is 2.02. The minimum absolute atomic E-state index is 0.171. The van der Waals surface area contributed by atoms with Crippen molar-refractivity contribution in [3.8, 4) is 0 Å². The first kappa shape index (κ1) is 9.05. The third-order valence-electron chi connectivity index (χ3n) is 1.44. The van der Waals surface area contributed by atoms with Gasteiger partial charge >= 0.3 is 0 Å². The van der Waals surface area contributed by atoms with Crippen LogP contribution in [0.5, 0.6) is 0 Å². The summed E-state index contributed by atoms with van der Waals surface area (Å²) in [7, 11) is 0. The maximum atomic E-state index is 11.8. The molecule has 0 bridgehead atoms. The molecule has 1 aromatic rings. The fourth-order valence-electron chi connectivity index (χ4n) is 0.853. The highest BCUT2D eigenvalue weighted by atomic mass is 19.3. The second-order valence-electron chi connectivity index (χ2n) is 2.28. The van der Waals surface area contributed by atoms with Crippen molar-refractivity contribution in [2.24, 2.45) is 5.73 Å². The summed E-state index contributed by atoms with van der Waals surface area (Å²) in [4.78, 5) is 3.79. The summed E-state index contributed by atoms with van der Waals surface area (Å²) in [6, 6.07) is 0. The number of nitrogens with two attached hydrogens (primary N) is 1. The van der Waals surface area contributed by atoms with E-state index in [-0.39, 0.29) is 19.5 Å². The molecule has 0 radical (unpaired) electrons. The van der Waals surface area contributed by atoms with Crippen LogP contribution in [0.15, 0.2) is 6.33 Å². The van der Waals surface area contributed by atoms with Gasteiger partial charge in [0.2, 0.25) is 6.43 Å². The van der Waals surface area contributed by atoms with E-state index in [1.165, 1.54) is 11.0 Å². The zero-order valence-corrected chi connectivity index (χ0v) is 6.45. The smallest absolute Gasteiger partial charge is 0.240 e. The van der Waals surface area contributed by atoms with Gasteiger partial charge in [-0.1, -0.05) is 0 Å². The molecular weight excluding hydrogens is 166 g/mol. The van der Waals surface area contributed by atoms with Crippen LogP contribution in [0.4, 0.5) is 8.78 Å². The topological polar surface area (TPSA) is 56.7 Å². The van der Waals surface area contributed by atoms with Crippen molar-refractivity contribution in [3.05, 3.63) is 12.2 Å². The van der Waals surface area contributed by atoms with E-state index in [4.69, 9.17) is 5.73 Å². The number of aromatic nitrogens is 3. The maximum Gasteiger partial charge on any atom is 0.240 e. The Morgan fingerprint density at radius 1 is 1.58 bits per heavy atom. The van der Waals surface area contributed by atoms with Gasteiger partial charge in [-0.2, -0.15) is 5.10 Å². The van der Waals surface area contributed by atoms with Crippen LogP contribution in [-0.4, -0.2) is 21.2 Å². The zero-order valence-electron chi connectivity index (χ0n) is 6.45. The number of alkyl halides is 2. The lowest BCUT2D eigenvalue weighted by Gasteiger charge is -2.02. The van der Waals surface area contributed by atoms with Crippen molar-refractivity contribution >= 4 is 0 Å². The van der Waals surface area contributed by atoms with Gasteiger partial charge in [-0.3, -0.25) is 0 Å². The Bertz CT molecular complexity index is 235. The van der Waals surface area contributed by atoms with Crippen LogP contribution in [0.25, 0.3) is 0 Å². The Morgan fingerprint density at radius 3 is 2.92 bits per heavy atom. The quantitative estimate of drug-likeness (QED) is 0.722. The Labute approximate surface area is 68.4 Å². The van der Waals surface area contributed by atoms with Gasteiger partial charge in [-0.15, -0.1) is 0 Å². The summed E-state index contributed by atoms with van der Waals surface area (Å²) in [6.07, 6.45) is -1.20. The Balaban J connectivity index is 2.50. The van der Waals surface area contributed by atoms with E-state index in [0.717, 1.165) is 0 Å². The molecular formula is C6H10F2N4. The first-order valence-corrected chi connectivity index (χ1v) is 3.59. The standard InChI is InChI=1S/C6H10F2N4/c7-5(8)1-2-12-6(3-9)10-4-11-12/h4-5H,1-3,9H2. The predicted octanol–water partition coefficient (Wildman–Crippen LogP) is 0.392. The van der Waals surface area contributed by atoms with Crippen LogP contribution >= 0.6 is 0 Å². The molecule has 0 spiro atoms. The van der Waals surface area contributed by atoms with Gasteiger partial charge in [0.05, 0.1) is 6.54 Å². The Kier molecular flexibility index (Phi) is 3.09. The Hall–Kier alpha value is -1.04. The molecule has 68 valence electrons. The highest BCUT2D eigenvalue weighted by Gasteiger charge is 2.06. The number of halogens is 2. The molecule has 0 aromatic carbocycles. The minimum atomic E-state index is -2.31. The lowest BCUT2D eigenvalue weighted by atomic mass is 10.4. The molecule has 0 aliphatic carbocycles. The van der Waals surface area contributed by atoms with Crippen LogP contribution < -0.4 is 5.73 Å². The molecule has 0 amide bonds. The van der Waals surface area contributed by atoms with Crippen LogP contribution in [0.1, 0.15) is 12.2 Å². The molecule has 1 heterocycles. The van der Waals surface area contributed by atoms with Gasteiger partial charge in [0.25, 0.3) is 0 Å². The molecule has 0 saturated heterocycles. The van der Waals surface area contributed by atoms with Gasteiger partial charge in [0.1, 0.15) is 12.2 Å². The molecule has 1 aromatic heterocycles. The molecule has 6 heteroatoms. The zero-order chi connectivity index (χ0) is 8.97. The summed E-state index contributed by atoms with van der Waals surface area (Å²) < 4.78 is 24.9. The lowest BCUT2D eigenvalue weighted by molar-refractivity contribution is 0.129. The fraction of sp³-hybridized carbons (Fsp3) is 0.667. The van der Waals surface area contributed by atoms with Gasteiger partial charge < -0.3 is 5.73 Å². The Morgan fingerprint density at radius 2 is 2.33 bits per heavy atom.